The van der Waals surface area contributed by atoms with Gasteiger partial charge in [0.15, 0.2) is 11.8 Å². The van der Waals surface area contributed by atoms with E-state index in [-0.39, 0.29) is 24.0 Å². The molecule has 0 radical (unpaired) electrons. The number of amides is 1. The van der Waals surface area contributed by atoms with Crippen molar-refractivity contribution in [2.75, 3.05) is 13.6 Å². The van der Waals surface area contributed by atoms with Gasteiger partial charge in [0.25, 0.3) is 0 Å². The zero-order chi connectivity index (χ0) is 19.8. The van der Waals surface area contributed by atoms with Gasteiger partial charge in [0.05, 0.1) is 12.1 Å². The number of guanidine groups is 1. The Kier molecular flexibility index (Phi) is 10.6. The first-order valence-electron chi connectivity index (χ1n) is 8.93. The normalized spacial score (nSPS) is 12.2. The van der Waals surface area contributed by atoms with E-state index in [1.807, 2.05) is 46.2 Å². The summed E-state index contributed by atoms with van der Waals surface area (Å²) in [5.74, 6) is 1.43. The van der Waals surface area contributed by atoms with Gasteiger partial charge < -0.3 is 25.3 Å². The Balaban J connectivity index is 0.00000676. The molecule has 9 nitrogen and oxygen atoms in total. The third-order valence-electron chi connectivity index (χ3n) is 4.16. The van der Waals surface area contributed by atoms with E-state index in [0.717, 1.165) is 18.7 Å². The van der Waals surface area contributed by atoms with Crippen LogP contribution < -0.4 is 16.0 Å². The molecule has 0 aliphatic carbocycles. The fourth-order valence-corrected chi connectivity index (χ4v) is 2.34. The number of nitrogens with zero attached hydrogens (tertiary/aromatic N) is 4. The van der Waals surface area contributed by atoms with Crippen molar-refractivity contribution in [2.24, 2.45) is 12.0 Å². The van der Waals surface area contributed by atoms with Gasteiger partial charge >= 0.3 is 6.09 Å². The van der Waals surface area contributed by atoms with Crippen LogP contribution in [0.15, 0.2) is 11.3 Å². The van der Waals surface area contributed by atoms with E-state index in [2.05, 4.69) is 31.1 Å². The van der Waals surface area contributed by atoms with Gasteiger partial charge in [-0.15, -0.1) is 34.2 Å². The second kappa shape index (κ2) is 11.3. The Morgan fingerprint density at radius 1 is 1.26 bits per heavy atom. The van der Waals surface area contributed by atoms with Crippen LogP contribution in [-0.2, 0) is 18.3 Å². The molecule has 3 N–H and O–H groups in total. The number of nitrogens with one attached hydrogen (secondary N) is 3. The maximum absolute atomic E-state index is 12.2. The van der Waals surface area contributed by atoms with Gasteiger partial charge in [0.2, 0.25) is 0 Å². The fourth-order valence-electron chi connectivity index (χ4n) is 2.34. The van der Waals surface area contributed by atoms with E-state index < -0.39 is 17.2 Å². The Morgan fingerprint density at radius 3 is 2.33 bits per heavy atom. The fraction of sp³-hybridized carbons (Fsp3) is 0.765. The van der Waals surface area contributed by atoms with E-state index >= 15 is 0 Å². The molecular formula is C17H34IN7O2. The van der Waals surface area contributed by atoms with Crippen molar-refractivity contribution >= 4 is 36.0 Å². The standard InChI is InChI=1S/C17H33N7O2.HI/c1-8-17(9-2,22-15(25)26-16(3,4)5)11-20-14(18-6)19-10-13-23-21-12-24(13)7;/h12H,8-11H2,1-7H3,(H,22,25)(H2,18,19,20);1H. The molecule has 0 saturated heterocycles. The molecule has 27 heavy (non-hydrogen) atoms. The number of alkyl carbamates (subject to hydrolysis) is 1. The van der Waals surface area contributed by atoms with Gasteiger partial charge in [-0.3, -0.25) is 4.99 Å². The first-order valence-corrected chi connectivity index (χ1v) is 8.93. The molecule has 0 aliphatic rings. The van der Waals surface area contributed by atoms with E-state index in [1.54, 1.807) is 13.4 Å². The summed E-state index contributed by atoms with van der Waals surface area (Å²) in [6.07, 6.45) is 2.76. The van der Waals surface area contributed by atoms with Crippen LogP contribution in [0.3, 0.4) is 0 Å². The van der Waals surface area contributed by atoms with Crippen LogP contribution in [0, 0.1) is 0 Å². The van der Waals surface area contributed by atoms with E-state index in [4.69, 9.17) is 4.74 Å². The average Bonchev–Trinajstić information content (AvgIpc) is 2.97. The van der Waals surface area contributed by atoms with Crippen molar-refractivity contribution in [1.82, 2.24) is 30.7 Å². The first-order chi connectivity index (χ1) is 12.1. The van der Waals surface area contributed by atoms with Crippen LogP contribution in [0.4, 0.5) is 4.79 Å². The highest BCUT2D eigenvalue weighted by molar-refractivity contribution is 14.0. The minimum atomic E-state index is -0.529. The van der Waals surface area contributed by atoms with Crippen LogP contribution >= 0.6 is 24.0 Å². The predicted octanol–water partition coefficient (Wildman–Crippen LogP) is 2.18. The second-order valence-corrected chi connectivity index (χ2v) is 7.25. The average molecular weight is 495 g/mol. The maximum atomic E-state index is 12.2. The summed E-state index contributed by atoms with van der Waals surface area (Å²) in [5.41, 5.74) is -0.955. The Labute approximate surface area is 179 Å². The minimum absolute atomic E-state index is 0. The number of hydrogen-bond donors (Lipinski definition) is 3. The summed E-state index contributed by atoms with van der Waals surface area (Å²) in [6, 6.07) is 0. The lowest BCUT2D eigenvalue weighted by Gasteiger charge is -2.34. The molecule has 0 bridgehead atoms. The molecular weight excluding hydrogens is 461 g/mol. The smallest absolute Gasteiger partial charge is 0.408 e. The van der Waals surface area contributed by atoms with Gasteiger partial charge in [-0.25, -0.2) is 4.79 Å². The number of aliphatic imine (C=N–C) groups is 1. The summed E-state index contributed by atoms with van der Waals surface area (Å²) in [5, 5.41) is 17.4. The lowest BCUT2D eigenvalue weighted by molar-refractivity contribution is 0.0448. The van der Waals surface area contributed by atoms with E-state index in [0.29, 0.717) is 19.0 Å². The van der Waals surface area contributed by atoms with Gasteiger partial charge in [-0.05, 0) is 33.6 Å². The number of rotatable bonds is 7. The molecule has 0 spiro atoms. The van der Waals surface area contributed by atoms with Crippen LogP contribution in [0.2, 0.25) is 0 Å². The van der Waals surface area contributed by atoms with Gasteiger partial charge in [0.1, 0.15) is 11.9 Å². The lowest BCUT2D eigenvalue weighted by Crippen LogP contribution is -2.57. The zero-order valence-corrected chi connectivity index (χ0v) is 19.7. The summed E-state index contributed by atoms with van der Waals surface area (Å²) < 4.78 is 7.24. The lowest BCUT2D eigenvalue weighted by atomic mass is 9.93. The molecule has 0 aliphatic heterocycles. The monoisotopic (exact) mass is 495 g/mol. The second-order valence-electron chi connectivity index (χ2n) is 7.25. The van der Waals surface area contributed by atoms with Crippen LogP contribution in [0.25, 0.3) is 0 Å². The predicted molar refractivity (Wildman–Crippen MR) is 117 cm³/mol. The molecule has 0 aromatic carbocycles. The van der Waals surface area contributed by atoms with Crippen molar-refractivity contribution in [3.63, 3.8) is 0 Å². The molecule has 156 valence electrons. The van der Waals surface area contributed by atoms with Crippen LogP contribution in [0.1, 0.15) is 53.3 Å². The molecule has 1 rings (SSSR count). The molecule has 1 aromatic heterocycles. The largest absolute Gasteiger partial charge is 0.444 e. The van der Waals surface area contributed by atoms with Crippen molar-refractivity contribution in [2.45, 2.75) is 65.1 Å². The van der Waals surface area contributed by atoms with E-state index in [1.165, 1.54) is 0 Å². The molecule has 0 atom stereocenters. The molecule has 0 fully saturated rings. The number of carbonyl (C=O) groups excluding carboxylic acids is 1. The van der Waals surface area contributed by atoms with E-state index in [9.17, 15) is 4.79 Å². The summed E-state index contributed by atoms with van der Waals surface area (Å²) in [7, 11) is 3.59. The third-order valence-corrected chi connectivity index (χ3v) is 4.16. The highest BCUT2D eigenvalue weighted by atomic mass is 127. The minimum Gasteiger partial charge on any atom is -0.444 e. The van der Waals surface area contributed by atoms with Gasteiger partial charge in [0, 0.05) is 20.6 Å². The zero-order valence-electron chi connectivity index (χ0n) is 17.4. The number of aromatic nitrogens is 3. The Hall–Kier alpha value is -1.59. The van der Waals surface area contributed by atoms with Crippen LogP contribution in [-0.4, -0.2) is 51.5 Å². The number of carbonyl (C=O) groups is 1. The summed E-state index contributed by atoms with van der Waals surface area (Å²) >= 11 is 0. The van der Waals surface area contributed by atoms with Crippen LogP contribution in [0.5, 0.6) is 0 Å². The molecule has 1 heterocycles. The summed E-state index contributed by atoms with van der Waals surface area (Å²) in [6.45, 7) is 10.7. The van der Waals surface area contributed by atoms with Gasteiger partial charge in [-0.2, -0.15) is 0 Å². The number of halogens is 1. The maximum Gasteiger partial charge on any atom is 0.408 e. The van der Waals surface area contributed by atoms with Crippen molar-refractivity contribution < 1.29 is 9.53 Å². The topological polar surface area (TPSA) is 105 Å². The van der Waals surface area contributed by atoms with Crippen molar-refractivity contribution in [3.05, 3.63) is 12.2 Å². The SMILES string of the molecule is CCC(CC)(CNC(=NC)NCc1nncn1C)NC(=O)OC(C)(C)C.I. The molecule has 0 saturated carbocycles. The first kappa shape index (κ1) is 25.4. The van der Waals surface area contributed by atoms with Crippen molar-refractivity contribution in [1.29, 1.82) is 0 Å². The summed E-state index contributed by atoms with van der Waals surface area (Å²) in [4.78, 5) is 16.4. The number of ether oxygens (including phenoxy) is 1. The number of aryl methyl sites for hydroxylation is 1. The highest BCUT2D eigenvalue weighted by Gasteiger charge is 2.30. The number of hydrogen-bond acceptors (Lipinski definition) is 5. The Morgan fingerprint density at radius 2 is 1.89 bits per heavy atom. The Bertz CT molecular complexity index is 607. The molecule has 0 unspecified atom stereocenters. The highest BCUT2D eigenvalue weighted by Crippen LogP contribution is 2.16. The van der Waals surface area contributed by atoms with Gasteiger partial charge in [-0.1, -0.05) is 13.8 Å². The van der Waals surface area contributed by atoms with Crippen molar-refractivity contribution in [3.8, 4) is 0 Å². The quantitative estimate of drug-likeness (QED) is 0.304. The molecule has 1 aromatic rings. The third kappa shape index (κ3) is 8.76. The molecule has 1 amide bonds. The molecule has 10 heteroatoms.